The van der Waals surface area contributed by atoms with Crippen LogP contribution in [-0.4, -0.2) is 33.4 Å². The second kappa shape index (κ2) is 4.26. The van der Waals surface area contributed by atoms with E-state index in [1.807, 2.05) is 0 Å². The van der Waals surface area contributed by atoms with E-state index in [1.54, 1.807) is 31.0 Å². The Labute approximate surface area is 95.6 Å². The molecule has 78 valence electrons. The van der Waals surface area contributed by atoms with Gasteiger partial charge in [-0.1, -0.05) is 0 Å². The molecule has 1 atom stereocenters. The Hall–Kier alpha value is -0.630. The fraction of sp³-hybridized carbons (Fsp3) is 0.500. The van der Waals surface area contributed by atoms with Gasteiger partial charge < -0.3 is 10.4 Å². The molecule has 1 unspecified atom stereocenters. The van der Waals surface area contributed by atoms with E-state index < -0.39 is 11.5 Å². The maximum Gasteiger partial charge on any atom is 0.325 e. The highest BCUT2D eigenvalue weighted by molar-refractivity contribution is 14.1. The van der Waals surface area contributed by atoms with E-state index in [1.165, 1.54) is 0 Å². The zero-order chi connectivity index (χ0) is 10.8. The van der Waals surface area contributed by atoms with Crippen molar-refractivity contribution < 1.29 is 9.90 Å². The Kier molecular flexibility index (Phi) is 3.48. The highest BCUT2D eigenvalue weighted by atomic mass is 127. The normalized spacial score (nSPS) is 15.1. The van der Waals surface area contributed by atoms with E-state index >= 15 is 0 Å². The molecule has 0 aliphatic heterocycles. The number of carboxylic acid groups (broad SMARTS) is 1. The molecule has 0 fully saturated rings. The summed E-state index contributed by atoms with van der Waals surface area (Å²) in [5, 5.41) is 15.8. The molecule has 0 aromatic carbocycles. The second-order valence-corrected chi connectivity index (χ2v) is 4.49. The lowest BCUT2D eigenvalue weighted by atomic mass is 10.0. The Morgan fingerprint density at radius 2 is 2.50 bits per heavy atom. The van der Waals surface area contributed by atoms with Crippen LogP contribution in [0, 0.1) is 3.57 Å². The van der Waals surface area contributed by atoms with Crippen molar-refractivity contribution in [2.24, 2.45) is 0 Å². The Morgan fingerprint density at radius 1 is 1.86 bits per heavy atom. The van der Waals surface area contributed by atoms with Crippen LogP contribution in [0.25, 0.3) is 0 Å². The largest absolute Gasteiger partial charge is 0.480 e. The maximum atomic E-state index is 11.0. The number of nitrogens with zero attached hydrogens (tertiary/aromatic N) is 2. The van der Waals surface area contributed by atoms with Crippen LogP contribution in [0.3, 0.4) is 0 Å². The summed E-state index contributed by atoms with van der Waals surface area (Å²) in [4.78, 5) is 11.0. The predicted octanol–water partition coefficient (Wildman–Crippen LogP) is 0.550. The second-order valence-electron chi connectivity index (χ2n) is 3.24. The van der Waals surface area contributed by atoms with Crippen LogP contribution in [0.15, 0.2) is 12.4 Å². The fourth-order valence-corrected chi connectivity index (χ4v) is 1.45. The summed E-state index contributed by atoms with van der Waals surface area (Å²) >= 11 is 2.13. The molecule has 0 amide bonds. The van der Waals surface area contributed by atoms with Crippen molar-refractivity contribution in [2.75, 3.05) is 7.05 Å². The first kappa shape index (κ1) is 11.4. The Bertz CT molecular complexity index is 339. The van der Waals surface area contributed by atoms with E-state index in [-0.39, 0.29) is 0 Å². The van der Waals surface area contributed by atoms with E-state index in [0.717, 1.165) is 3.57 Å². The number of hydrogen-bond donors (Lipinski definition) is 2. The molecule has 0 spiro atoms. The molecule has 2 N–H and O–H groups in total. The number of nitrogens with one attached hydrogen (secondary N) is 1. The number of halogens is 1. The molecule has 5 nitrogen and oxygen atoms in total. The maximum absolute atomic E-state index is 11.0. The number of aromatic nitrogens is 2. The van der Waals surface area contributed by atoms with Gasteiger partial charge in [-0.3, -0.25) is 9.48 Å². The third-order valence-electron chi connectivity index (χ3n) is 2.10. The van der Waals surface area contributed by atoms with Crippen LogP contribution in [0.2, 0.25) is 0 Å². The van der Waals surface area contributed by atoms with Gasteiger partial charge in [0.2, 0.25) is 0 Å². The van der Waals surface area contributed by atoms with E-state index in [9.17, 15) is 4.79 Å². The quantitative estimate of drug-likeness (QED) is 0.797. The summed E-state index contributed by atoms with van der Waals surface area (Å²) in [6.07, 6.45) is 3.50. The van der Waals surface area contributed by atoms with E-state index in [2.05, 4.69) is 33.0 Å². The van der Waals surface area contributed by atoms with Gasteiger partial charge in [0, 0.05) is 6.20 Å². The minimum atomic E-state index is -0.977. The summed E-state index contributed by atoms with van der Waals surface area (Å²) in [6, 6.07) is 0. The van der Waals surface area contributed by atoms with Gasteiger partial charge in [0.15, 0.2) is 0 Å². The van der Waals surface area contributed by atoms with E-state index in [4.69, 9.17) is 5.11 Å². The molecule has 1 heterocycles. The molecule has 1 rings (SSSR count). The van der Waals surface area contributed by atoms with Crippen molar-refractivity contribution in [3.05, 3.63) is 16.0 Å². The molecule has 1 aromatic heterocycles. The van der Waals surface area contributed by atoms with Crippen LogP contribution >= 0.6 is 22.6 Å². The minimum Gasteiger partial charge on any atom is -0.480 e. The van der Waals surface area contributed by atoms with Crippen molar-refractivity contribution in [1.29, 1.82) is 0 Å². The summed E-state index contributed by atoms with van der Waals surface area (Å²) in [5.74, 6) is -0.884. The molecule has 0 saturated carbocycles. The molecule has 0 saturated heterocycles. The third kappa shape index (κ3) is 2.44. The van der Waals surface area contributed by atoms with Crippen molar-refractivity contribution in [2.45, 2.75) is 19.0 Å². The van der Waals surface area contributed by atoms with Gasteiger partial charge in [0.25, 0.3) is 0 Å². The van der Waals surface area contributed by atoms with Crippen LogP contribution in [0.1, 0.15) is 6.92 Å². The number of likely N-dealkylation sites (N-methyl/N-ethyl adjacent to an activating group) is 1. The topological polar surface area (TPSA) is 67.2 Å². The predicted molar refractivity (Wildman–Crippen MR) is 60.0 cm³/mol. The van der Waals surface area contributed by atoms with E-state index in [0.29, 0.717) is 6.54 Å². The van der Waals surface area contributed by atoms with Crippen molar-refractivity contribution in [3.63, 3.8) is 0 Å². The average molecular weight is 309 g/mol. The summed E-state index contributed by atoms with van der Waals surface area (Å²) < 4.78 is 2.61. The first-order chi connectivity index (χ1) is 6.48. The van der Waals surface area contributed by atoms with Gasteiger partial charge in [0.1, 0.15) is 5.54 Å². The lowest BCUT2D eigenvalue weighted by Crippen LogP contribution is -2.50. The Morgan fingerprint density at radius 3 is 2.86 bits per heavy atom. The Balaban J connectivity index is 2.80. The molecule has 14 heavy (non-hydrogen) atoms. The number of aliphatic carboxylic acids is 1. The lowest BCUT2D eigenvalue weighted by Gasteiger charge is -2.23. The van der Waals surface area contributed by atoms with Gasteiger partial charge >= 0.3 is 5.97 Å². The van der Waals surface area contributed by atoms with Crippen molar-refractivity contribution >= 4 is 28.6 Å². The van der Waals surface area contributed by atoms with Gasteiger partial charge in [-0.2, -0.15) is 5.10 Å². The summed E-state index contributed by atoms with van der Waals surface area (Å²) in [5.41, 5.74) is -0.977. The van der Waals surface area contributed by atoms with Gasteiger partial charge in [-0.05, 0) is 36.6 Å². The first-order valence-electron chi connectivity index (χ1n) is 4.08. The lowest BCUT2D eigenvalue weighted by molar-refractivity contribution is -0.144. The van der Waals surface area contributed by atoms with Gasteiger partial charge in [0.05, 0.1) is 16.3 Å². The number of hydrogen-bond acceptors (Lipinski definition) is 3. The zero-order valence-corrected chi connectivity index (χ0v) is 10.1. The number of rotatable bonds is 4. The molecule has 1 aromatic rings. The highest BCUT2D eigenvalue weighted by Crippen LogP contribution is 2.09. The molecule has 0 bridgehead atoms. The SMILES string of the molecule is CNC(C)(Cn1cc(I)cn1)C(=O)O. The smallest absolute Gasteiger partial charge is 0.325 e. The number of carboxylic acids is 1. The molecule has 0 aliphatic carbocycles. The van der Waals surface area contributed by atoms with Crippen LogP contribution < -0.4 is 5.32 Å². The molecular formula is C8H12IN3O2. The van der Waals surface area contributed by atoms with Crippen LogP contribution in [0.4, 0.5) is 0 Å². The van der Waals surface area contributed by atoms with Gasteiger partial charge in [-0.15, -0.1) is 0 Å². The average Bonchev–Trinajstić information content (AvgIpc) is 2.50. The molecule has 6 heteroatoms. The van der Waals surface area contributed by atoms with Crippen LogP contribution in [0.5, 0.6) is 0 Å². The van der Waals surface area contributed by atoms with Crippen molar-refractivity contribution in [1.82, 2.24) is 15.1 Å². The molecule has 0 radical (unpaired) electrons. The fourth-order valence-electron chi connectivity index (χ4n) is 1.00. The first-order valence-corrected chi connectivity index (χ1v) is 5.16. The minimum absolute atomic E-state index is 0.307. The monoisotopic (exact) mass is 309 g/mol. The summed E-state index contributed by atoms with van der Waals surface area (Å²) in [6.45, 7) is 1.94. The molecule has 0 aliphatic rings. The van der Waals surface area contributed by atoms with Crippen LogP contribution in [-0.2, 0) is 11.3 Å². The standard InChI is InChI=1S/C8H12IN3O2/c1-8(10-2,7(13)14)5-12-4-6(9)3-11-12/h3-4,10H,5H2,1-2H3,(H,13,14). The number of carbonyl (C=O) groups is 1. The third-order valence-corrected chi connectivity index (χ3v) is 2.66. The van der Waals surface area contributed by atoms with Crippen molar-refractivity contribution in [3.8, 4) is 0 Å². The highest BCUT2D eigenvalue weighted by Gasteiger charge is 2.31. The van der Waals surface area contributed by atoms with Gasteiger partial charge in [-0.25, -0.2) is 0 Å². The summed E-state index contributed by atoms with van der Waals surface area (Å²) in [7, 11) is 1.63. The zero-order valence-electron chi connectivity index (χ0n) is 7.99. The molecular weight excluding hydrogens is 297 g/mol.